The molecule has 1 N–H and O–H groups in total. The third-order valence-corrected chi connectivity index (χ3v) is 4.00. The van der Waals surface area contributed by atoms with E-state index in [1.54, 1.807) is 13.0 Å². The molecule has 1 heterocycles. The molecule has 0 radical (unpaired) electrons. The summed E-state index contributed by atoms with van der Waals surface area (Å²) in [6.45, 7) is 2.69. The van der Waals surface area contributed by atoms with Crippen molar-refractivity contribution in [3.05, 3.63) is 35.1 Å². The van der Waals surface area contributed by atoms with Gasteiger partial charge >= 0.3 is 0 Å². The van der Waals surface area contributed by atoms with Crippen molar-refractivity contribution in [3.8, 4) is 0 Å². The van der Waals surface area contributed by atoms with Crippen molar-refractivity contribution < 1.29 is 9.13 Å². The highest BCUT2D eigenvalue weighted by Gasteiger charge is 2.17. The molecule has 1 aromatic carbocycles. The van der Waals surface area contributed by atoms with E-state index < -0.39 is 0 Å². The Balaban J connectivity index is 1.93. The second-order valence-corrected chi connectivity index (χ2v) is 5.42. The fraction of sp³-hybridized carbons (Fsp3) is 0.625. The molecule has 0 spiro atoms. The molecule has 2 unspecified atom stereocenters. The molecule has 0 bridgehead atoms. The van der Waals surface area contributed by atoms with Gasteiger partial charge in [-0.1, -0.05) is 12.1 Å². The van der Waals surface area contributed by atoms with Gasteiger partial charge in [-0.25, -0.2) is 4.39 Å². The minimum Gasteiger partial charge on any atom is -0.378 e. The average Bonchev–Trinajstić information content (AvgIpc) is 2.44. The molecule has 0 aromatic heterocycles. The molecule has 1 aromatic rings. The number of hydrogen-bond donors (Lipinski definition) is 1. The van der Waals surface area contributed by atoms with Crippen LogP contribution in [0.25, 0.3) is 0 Å². The Labute approximate surface area is 115 Å². The molecule has 1 aliphatic heterocycles. The number of hydrogen-bond acceptors (Lipinski definition) is 2. The third kappa shape index (κ3) is 4.02. The predicted molar refractivity (Wildman–Crippen MR) is 75.8 cm³/mol. The van der Waals surface area contributed by atoms with Crippen molar-refractivity contribution in [3.63, 3.8) is 0 Å². The lowest BCUT2D eigenvalue weighted by molar-refractivity contribution is 0.00866. The summed E-state index contributed by atoms with van der Waals surface area (Å²) in [5.74, 6) is -0.119. The molecule has 1 aliphatic rings. The largest absolute Gasteiger partial charge is 0.378 e. The Kier molecular flexibility index (Phi) is 5.34. The van der Waals surface area contributed by atoms with Crippen LogP contribution in [0.5, 0.6) is 0 Å². The maximum Gasteiger partial charge on any atom is 0.126 e. The highest BCUT2D eigenvalue weighted by Crippen LogP contribution is 2.24. The van der Waals surface area contributed by atoms with Crippen molar-refractivity contribution in [1.29, 1.82) is 0 Å². The molecule has 2 rings (SSSR count). The van der Waals surface area contributed by atoms with E-state index in [9.17, 15) is 4.39 Å². The average molecular weight is 265 g/mol. The van der Waals surface area contributed by atoms with Crippen molar-refractivity contribution in [2.24, 2.45) is 0 Å². The zero-order valence-electron chi connectivity index (χ0n) is 11.9. The van der Waals surface area contributed by atoms with Crippen LogP contribution in [0, 0.1) is 12.7 Å². The van der Waals surface area contributed by atoms with Gasteiger partial charge in [0.2, 0.25) is 0 Å². The molecule has 2 atom stereocenters. The van der Waals surface area contributed by atoms with Crippen LogP contribution in [0.15, 0.2) is 18.2 Å². The summed E-state index contributed by atoms with van der Waals surface area (Å²) in [6.07, 6.45) is 6.05. The second-order valence-electron chi connectivity index (χ2n) is 5.42. The summed E-state index contributed by atoms with van der Waals surface area (Å²) in [5.41, 5.74) is 1.73. The monoisotopic (exact) mass is 265 g/mol. The Morgan fingerprint density at radius 1 is 1.42 bits per heavy atom. The summed E-state index contributed by atoms with van der Waals surface area (Å²) in [6, 6.07) is 5.73. The van der Waals surface area contributed by atoms with Crippen molar-refractivity contribution in [1.82, 2.24) is 5.32 Å². The Hall–Kier alpha value is -0.930. The minimum atomic E-state index is -0.119. The first-order chi connectivity index (χ1) is 9.20. The number of ether oxygens (including phenoxy) is 1. The number of halogens is 1. The molecule has 1 fully saturated rings. The second kappa shape index (κ2) is 7.01. The molecule has 0 saturated carbocycles. The van der Waals surface area contributed by atoms with E-state index in [0.29, 0.717) is 11.7 Å². The van der Waals surface area contributed by atoms with Gasteiger partial charge in [-0.2, -0.15) is 0 Å². The summed E-state index contributed by atoms with van der Waals surface area (Å²) in [5, 5.41) is 3.28. The minimum absolute atomic E-state index is 0.119. The molecular formula is C16H24FNO. The van der Waals surface area contributed by atoms with Gasteiger partial charge in [-0.05, 0) is 63.3 Å². The number of benzene rings is 1. The van der Waals surface area contributed by atoms with Crippen LogP contribution in [0.2, 0.25) is 0 Å². The van der Waals surface area contributed by atoms with E-state index in [-0.39, 0.29) is 11.9 Å². The topological polar surface area (TPSA) is 21.3 Å². The van der Waals surface area contributed by atoms with Crippen LogP contribution < -0.4 is 5.32 Å². The number of aryl methyl sites for hydroxylation is 1. The summed E-state index contributed by atoms with van der Waals surface area (Å²) >= 11 is 0. The fourth-order valence-electron chi connectivity index (χ4n) is 2.69. The lowest BCUT2D eigenvalue weighted by atomic mass is 9.96. The lowest BCUT2D eigenvalue weighted by Gasteiger charge is -2.25. The van der Waals surface area contributed by atoms with Gasteiger partial charge in [0, 0.05) is 12.6 Å². The molecule has 0 aliphatic carbocycles. The number of nitrogens with one attached hydrogen (secondary N) is 1. The fourth-order valence-corrected chi connectivity index (χ4v) is 2.69. The first-order valence-corrected chi connectivity index (χ1v) is 7.25. The van der Waals surface area contributed by atoms with E-state index in [2.05, 4.69) is 5.32 Å². The van der Waals surface area contributed by atoms with Crippen LogP contribution in [0.4, 0.5) is 4.39 Å². The summed E-state index contributed by atoms with van der Waals surface area (Å²) < 4.78 is 19.4. The Bertz CT molecular complexity index is 402. The van der Waals surface area contributed by atoms with Crippen molar-refractivity contribution in [2.45, 2.75) is 51.2 Å². The normalized spacial score (nSPS) is 21.3. The zero-order valence-corrected chi connectivity index (χ0v) is 11.9. The van der Waals surface area contributed by atoms with Crippen LogP contribution >= 0.6 is 0 Å². The van der Waals surface area contributed by atoms with Crippen molar-refractivity contribution >= 4 is 0 Å². The predicted octanol–water partition coefficient (Wildman–Crippen LogP) is 3.74. The Morgan fingerprint density at radius 3 is 2.89 bits per heavy atom. The first kappa shape index (κ1) is 14.5. The number of rotatable bonds is 5. The standard InChI is InChI=1S/C16H24FNO/c1-12-6-7-13(11-15(12)17)16(18-2)9-8-14-5-3-4-10-19-14/h6-7,11,14,16,18H,3-5,8-10H2,1-2H3. The Morgan fingerprint density at radius 2 is 2.26 bits per heavy atom. The van der Waals surface area contributed by atoms with Gasteiger partial charge in [-0.3, -0.25) is 0 Å². The SMILES string of the molecule is CNC(CCC1CCCCO1)c1ccc(C)c(F)c1. The molecule has 19 heavy (non-hydrogen) atoms. The van der Waals surface area contributed by atoms with E-state index in [1.165, 1.54) is 19.3 Å². The molecule has 3 heteroatoms. The smallest absolute Gasteiger partial charge is 0.126 e. The van der Waals surface area contributed by atoms with E-state index in [1.807, 2.05) is 19.2 Å². The van der Waals surface area contributed by atoms with Crippen LogP contribution in [0.1, 0.15) is 49.3 Å². The van der Waals surface area contributed by atoms with E-state index in [0.717, 1.165) is 25.0 Å². The molecule has 106 valence electrons. The van der Waals surface area contributed by atoms with Crippen molar-refractivity contribution in [2.75, 3.05) is 13.7 Å². The highest BCUT2D eigenvalue weighted by atomic mass is 19.1. The molecule has 2 nitrogen and oxygen atoms in total. The maximum atomic E-state index is 13.6. The van der Waals surface area contributed by atoms with Crippen LogP contribution in [-0.2, 0) is 4.74 Å². The third-order valence-electron chi connectivity index (χ3n) is 4.00. The van der Waals surface area contributed by atoms with E-state index >= 15 is 0 Å². The molecule has 1 saturated heterocycles. The van der Waals surface area contributed by atoms with Crippen LogP contribution in [-0.4, -0.2) is 19.8 Å². The summed E-state index contributed by atoms with van der Waals surface area (Å²) in [7, 11) is 1.93. The van der Waals surface area contributed by atoms with Gasteiger partial charge in [-0.15, -0.1) is 0 Å². The van der Waals surface area contributed by atoms with Gasteiger partial charge in [0.05, 0.1) is 6.10 Å². The zero-order chi connectivity index (χ0) is 13.7. The quantitative estimate of drug-likeness (QED) is 0.875. The van der Waals surface area contributed by atoms with Gasteiger partial charge < -0.3 is 10.1 Å². The maximum absolute atomic E-state index is 13.6. The van der Waals surface area contributed by atoms with Crippen LogP contribution in [0.3, 0.4) is 0 Å². The highest BCUT2D eigenvalue weighted by molar-refractivity contribution is 5.25. The van der Waals surface area contributed by atoms with E-state index in [4.69, 9.17) is 4.74 Å². The van der Waals surface area contributed by atoms with Gasteiger partial charge in [0.15, 0.2) is 0 Å². The van der Waals surface area contributed by atoms with Gasteiger partial charge in [0.1, 0.15) is 5.82 Å². The molecule has 0 amide bonds. The first-order valence-electron chi connectivity index (χ1n) is 7.25. The lowest BCUT2D eigenvalue weighted by Crippen LogP contribution is -2.23. The molecular weight excluding hydrogens is 241 g/mol. The van der Waals surface area contributed by atoms with Gasteiger partial charge in [0.25, 0.3) is 0 Å². The summed E-state index contributed by atoms with van der Waals surface area (Å²) in [4.78, 5) is 0.